The lowest BCUT2D eigenvalue weighted by molar-refractivity contribution is 0.417. The molecular formula is C74H57N3O. The maximum Gasteiger partial charge on any atom is 0.220 e. The summed E-state index contributed by atoms with van der Waals surface area (Å²) in [6, 6.07) is 92.7. The molecule has 1 aliphatic heterocycles. The topological polar surface area (TPSA) is 31.5 Å². The van der Waals surface area contributed by atoms with Crippen LogP contribution in [0.25, 0.3) is 111 Å². The van der Waals surface area contributed by atoms with E-state index in [9.17, 15) is 0 Å². The van der Waals surface area contributed by atoms with Gasteiger partial charge >= 0.3 is 0 Å². The molecule has 0 radical (unpaired) electrons. The second kappa shape index (κ2) is 18.4. The lowest BCUT2D eigenvalue weighted by Gasteiger charge is -2.38. The van der Waals surface area contributed by atoms with E-state index in [-0.39, 0.29) is 5.41 Å². The van der Waals surface area contributed by atoms with Crippen molar-refractivity contribution in [2.75, 3.05) is 0 Å². The van der Waals surface area contributed by atoms with Crippen molar-refractivity contribution in [1.82, 2.24) is 14.0 Å². The van der Waals surface area contributed by atoms with Crippen molar-refractivity contribution in [3.8, 4) is 95.1 Å². The molecule has 0 fully saturated rings. The number of para-hydroxylation sites is 4. The van der Waals surface area contributed by atoms with E-state index in [4.69, 9.17) is 9.72 Å². The molecule has 0 aliphatic carbocycles. The average Bonchev–Trinajstić information content (AvgIpc) is 4.11. The summed E-state index contributed by atoms with van der Waals surface area (Å²) in [6.45, 7) is 11.7. The maximum atomic E-state index is 7.45. The van der Waals surface area contributed by atoms with Crippen LogP contribution >= 0.6 is 0 Å². The van der Waals surface area contributed by atoms with E-state index in [0.717, 1.165) is 101 Å². The quantitative estimate of drug-likeness (QED) is 0.152. The number of aromatic nitrogens is 3. The number of imidazole rings is 2. The predicted octanol–water partition coefficient (Wildman–Crippen LogP) is 19.8. The van der Waals surface area contributed by atoms with Crippen LogP contribution in [0.15, 0.2) is 255 Å². The Balaban J connectivity index is 1.03. The first-order chi connectivity index (χ1) is 38.1. The molecule has 0 spiro atoms. The molecule has 4 heteroatoms. The third-order valence-corrected chi connectivity index (χ3v) is 16.1. The van der Waals surface area contributed by atoms with Crippen LogP contribution < -0.4 is 4.74 Å². The van der Waals surface area contributed by atoms with Crippen molar-refractivity contribution in [2.24, 2.45) is 0 Å². The fourth-order valence-electron chi connectivity index (χ4n) is 12.5. The second-order valence-electron chi connectivity index (χ2n) is 22.2. The van der Waals surface area contributed by atoms with Gasteiger partial charge in [0.1, 0.15) is 11.5 Å². The number of fused-ring (bicyclic) bond motifs is 7. The molecule has 14 rings (SSSR count). The number of nitrogens with zero attached hydrogens (tertiary/aromatic N) is 3. The van der Waals surface area contributed by atoms with Crippen LogP contribution in [0.2, 0.25) is 0 Å². The van der Waals surface area contributed by atoms with Crippen LogP contribution in [0, 0.1) is 0 Å². The zero-order valence-electron chi connectivity index (χ0n) is 44.5. The highest BCUT2D eigenvalue weighted by Gasteiger charge is 2.39. The van der Waals surface area contributed by atoms with E-state index in [1.165, 1.54) is 38.9 Å². The van der Waals surface area contributed by atoms with Crippen molar-refractivity contribution < 1.29 is 4.74 Å². The van der Waals surface area contributed by atoms with Crippen LogP contribution in [-0.2, 0) is 10.8 Å². The van der Waals surface area contributed by atoms with E-state index >= 15 is 0 Å². The van der Waals surface area contributed by atoms with E-state index in [1.807, 2.05) is 0 Å². The van der Waals surface area contributed by atoms with E-state index in [0.29, 0.717) is 0 Å². The van der Waals surface area contributed by atoms with Crippen molar-refractivity contribution in [1.29, 1.82) is 0 Å². The summed E-state index contributed by atoms with van der Waals surface area (Å²) < 4.78 is 12.0. The Kier molecular flexibility index (Phi) is 11.1. The molecule has 0 N–H and O–H groups in total. The Morgan fingerprint density at radius 1 is 0.372 bits per heavy atom. The molecule has 0 atom stereocenters. The molecule has 11 aromatic carbocycles. The lowest BCUT2D eigenvalue weighted by Crippen LogP contribution is -2.26. The average molecular weight is 1000 g/mol. The van der Waals surface area contributed by atoms with Crippen molar-refractivity contribution in [3.63, 3.8) is 0 Å². The van der Waals surface area contributed by atoms with Gasteiger partial charge in [0.25, 0.3) is 0 Å². The van der Waals surface area contributed by atoms with Gasteiger partial charge < -0.3 is 4.74 Å². The molecule has 0 unspecified atom stereocenters. The zero-order chi connectivity index (χ0) is 52.7. The second-order valence-corrected chi connectivity index (χ2v) is 22.2. The van der Waals surface area contributed by atoms with Gasteiger partial charge in [0.15, 0.2) is 0 Å². The number of benzene rings is 11. The Bertz CT molecular complexity index is 4330. The maximum absolute atomic E-state index is 7.45. The van der Waals surface area contributed by atoms with Crippen LogP contribution in [-0.4, -0.2) is 14.0 Å². The molecule has 0 saturated carbocycles. The van der Waals surface area contributed by atoms with Gasteiger partial charge in [-0.05, 0) is 132 Å². The van der Waals surface area contributed by atoms with Gasteiger partial charge in [-0.2, -0.15) is 0 Å². The Labute approximate surface area is 456 Å². The van der Waals surface area contributed by atoms with Gasteiger partial charge in [-0.1, -0.05) is 241 Å². The van der Waals surface area contributed by atoms with Crippen molar-refractivity contribution >= 4 is 27.8 Å². The zero-order valence-corrected chi connectivity index (χ0v) is 44.5. The van der Waals surface area contributed by atoms with Crippen LogP contribution in [0.5, 0.6) is 11.5 Å². The fraction of sp³-hybridized carbons (Fsp3) is 0.0946. The molecule has 1 aliphatic rings. The normalized spacial score (nSPS) is 12.9. The fourth-order valence-corrected chi connectivity index (χ4v) is 12.5. The number of ether oxygens (including phenoxy) is 1. The van der Waals surface area contributed by atoms with Gasteiger partial charge in [0.05, 0.1) is 22.1 Å². The SMILES string of the molecule is CC(C)(C)c1ccc2c(c1-c1cccc(-c3c(-c4ccccc4)c(-c4ccccc4)c(-c4ccccc4)c(-c4ccccc4)c3-c3ccccc3)c1)Oc1ccc(-n3c4ccccc4n4c5ccccc5nc34)cc1C2(C)C. The van der Waals surface area contributed by atoms with E-state index < -0.39 is 5.41 Å². The van der Waals surface area contributed by atoms with Gasteiger partial charge in [-0.3, -0.25) is 8.97 Å². The first-order valence-corrected chi connectivity index (χ1v) is 27.1. The summed E-state index contributed by atoms with van der Waals surface area (Å²) in [6.07, 6.45) is 0. The van der Waals surface area contributed by atoms with Gasteiger partial charge in [-0.25, -0.2) is 4.98 Å². The molecule has 0 amide bonds. The summed E-state index contributed by atoms with van der Waals surface area (Å²) in [5.74, 6) is 2.64. The summed E-state index contributed by atoms with van der Waals surface area (Å²) in [5, 5.41) is 0. The highest BCUT2D eigenvalue weighted by atomic mass is 16.5. The number of hydrogen-bond donors (Lipinski definition) is 0. The summed E-state index contributed by atoms with van der Waals surface area (Å²) in [7, 11) is 0. The minimum absolute atomic E-state index is 0.227. The molecule has 374 valence electrons. The molecule has 2 aromatic heterocycles. The highest BCUT2D eigenvalue weighted by Crippen LogP contribution is 2.58. The highest BCUT2D eigenvalue weighted by molar-refractivity contribution is 6.15. The van der Waals surface area contributed by atoms with Crippen LogP contribution in [0.4, 0.5) is 0 Å². The summed E-state index contributed by atoms with van der Waals surface area (Å²) >= 11 is 0. The summed E-state index contributed by atoms with van der Waals surface area (Å²) in [5.41, 5.74) is 24.4. The van der Waals surface area contributed by atoms with Crippen LogP contribution in [0.1, 0.15) is 51.3 Å². The molecule has 4 nitrogen and oxygen atoms in total. The molecule has 0 bridgehead atoms. The number of hydrogen-bond acceptors (Lipinski definition) is 2. The minimum Gasteiger partial charge on any atom is -0.456 e. The molecule has 3 heterocycles. The third kappa shape index (κ3) is 7.54. The monoisotopic (exact) mass is 1000 g/mol. The summed E-state index contributed by atoms with van der Waals surface area (Å²) in [4.78, 5) is 5.22. The third-order valence-electron chi connectivity index (χ3n) is 16.1. The Hall–Kier alpha value is -9.51. The molecular weight excluding hydrogens is 947 g/mol. The van der Waals surface area contributed by atoms with Gasteiger partial charge in [0.2, 0.25) is 5.78 Å². The minimum atomic E-state index is -0.440. The van der Waals surface area contributed by atoms with E-state index in [2.05, 4.69) is 298 Å². The van der Waals surface area contributed by atoms with Crippen molar-refractivity contribution in [3.05, 3.63) is 271 Å². The number of rotatable bonds is 8. The smallest absolute Gasteiger partial charge is 0.220 e. The van der Waals surface area contributed by atoms with E-state index in [1.54, 1.807) is 0 Å². The first-order valence-electron chi connectivity index (χ1n) is 27.1. The Morgan fingerprint density at radius 2 is 0.795 bits per heavy atom. The predicted molar refractivity (Wildman–Crippen MR) is 325 cm³/mol. The van der Waals surface area contributed by atoms with Gasteiger partial charge in [-0.15, -0.1) is 0 Å². The van der Waals surface area contributed by atoms with Crippen LogP contribution in [0.3, 0.4) is 0 Å². The first kappa shape index (κ1) is 47.0. The largest absolute Gasteiger partial charge is 0.456 e. The molecule has 0 saturated heterocycles. The Morgan fingerprint density at radius 3 is 1.29 bits per heavy atom. The van der Waals surface area contributed by atoms with Crippen molar-refractivity contribution in [2.45, 2.75) is 45.4 Å². The molecule has 78 heavy (non-hydrogen) atoms. The lowest BCUT2D eigenvalue weighted by atomic mass is 9.71. The standard InChI is InChI=1S/C74H57N3O/c1-73(2,3)56-43-44-57-71(78-63-45-42-55(47-58(63)74(57,4)5)76-61-40-23-24-41-62(61)77-60-39-22-21-38-59(60)75-72(76)77)64(56)53-36-25-37-54(46-53)70-68(51-32-17-9-18-33-51)66(49-28-13-7-14-29-49)65(48-26-11-6-12-27-48)67(50-30-15-8-16-31-50)69(70)52-34-19-10-20-35-52/h6-47H,1-5H3. The van der Waals surface area contributed by atoms with Gasteiger partial charge in [0, 0.05) is 27.8 Å². The molecule has 13 aromatic rings.